The van der Waals surface area contributed by atoms with Crippen molar-refractivity contribution >= 4 is 22.5 Å². The van der Waals surface area contributed by atoms with Gasteiger partial charge in [-0.05, 0) is 29.0 Å². The molecule has 0 amide bonds. The van der Waals surface area contributed by atoms with E-state index in [2.05, 4.69) is 0 Å². The van der Waals surface area contributed by atoms with Gasteiger partial charge >= 0.3 is 5.97 Å². The van der Waals surface area contributed by atoms with Gasteiger partial charge in [0.2, 0.25) is 0 Å². The number of fused-ring (bicyclic) bond motifs is 1. The third-order valence-electron chi connectivity index (χ3n) is 2.95. The van der Waals surface area contributed by atoms with Gasteiger partial charge in [-0.25, -0.2) is 0 Å². The van der Waals surface area contributed by atoms with E-state index in [0.29, 0.717) is 5.56 Å². The van der Waals surface area contributed by atoms with E-state index < -0.39 is 5.97 Å². The van der Waals surface area contributed by atoms with Crippen molar-refractivity contribution in [3.05, 3.63) is 42.0 Å². The molecule has 0 saturated carbocycles. The van der Waals surface area contributed by atoms with Crippen molar-refractivity contribution in [3.8, 4) is 5.75 Å². The topological polar surface area (TPSA) is 63.6 Å². The minimum Gasteiger partial charge on any atom is -0.497 e. The van der Waals surface area contributed by atoms with Crippen molar-refractivity contribution in [2.75, 3.05) is 7.11 Å². The van der Waals surface area contributed by atoms with Gasteiger partial charge in [0, 0.05) is 12.0 Å². The Bertz CT molecular complexity index is 631. The van der Waals surface area contributed by atoms with Crippen LogP contribution in [0.5, 0.6) is 5.75 Å². The van der Waals surface area contributed by atoms with E-state index in [-0.39, 0.29) is 18.6 Å². The number of Topliss-reactive ketones (excluding diaryl/α,β-unsaturated/α-hetero) is 1. The van der Waals surface area contributed by atoms with Crippen LogP contribution in [0.15, 0.2) is 36.4 Å². The lowest BCUT2D eigenvalue weighted by Crippen LogP contribution is -2.04. The van der Waals surface area contributed by atoms with Crippen molar-refractivity contribution in [2.24, 2.45) is 0 Å². The van der Waals surface area contributed by atoms with Crippen LogP contribution in [-0.4, -0.2) is 24.0 Å². The van der Waals surface area contributed by atoms with Gasteiger partial charge in [0.05, 0.1) is 13.5 Å². The number of ketones is 1. The standard InChI is InChI=1S/C15H14O4/c1-19-11-5-6-12-10(9-11)3-2-4-13(12)14(16)7-8-15(17)18/h2-6,9H,7-8H2,1H3,(H,17,18). The zero-order valence-corrected chi connectivity index (χ0v) is 10.6. The third kappa shape index (κ3) is 2.91. The van der Waals surface area contributed by atoms with Crippen LogP contribution in [0.3, 0.4) is 0 Å². The number of carboxylic acid groups (broad SMARTS) is 1. The fraction of sp³-hybridized carbons (Fsp3) is 0.200. The average Bonchev–Trinajstić information content (AvgIpc) is 2.43. The van der Waals surface area contributed by atoms with Crippen LogP contribution in [0, 0.1) is 0 Å². The zero-order chi connectivity index (χ0) is 13.8. The second kappa shape index (κ2) is 5.52. The normalized spacial score (nSPS) is 10.4. The SMILES string of the molecule is COc1ccc2c(C(=O)CCC(=O)O)cccc2c1. The molecule has 0 saturated heterocycles. The van der Waals surface area contributed by atoms with Gasteiger partial charge in [-0.3, -0.25) is 9.59 Å². The lowest BCUT2D eigenvalue weighted by atomic mass is 9.99. The highest BCUT2D eigenvalue weighted by Gasteiger charge is 2.11. The summed E-state index contributed by atoms with van der Waals surface area (Å²) in [6.45, 7) is 0. The van der Waals surface area contributed by atoms with Crippen molar-refractivity contribution in [2.45, 2.75) is 12.8 Å². The molecule has 0 atom stereocenters. The van der Waals surface area contributed by atoms with Crippen molar-refractivity contribution < 1.29 is 19.4 Å². The molecule has 0 aromatic heterocycles. The maximum Gasteiger partial charge on any atom is 0.303 e. The summed E-state index contributed by atoms with van der Waals surface area (Å²) in [6, 6.07) is 10.9. The monoisotopic (exact) mass is 258 g/mol. The molecular weight excluding hydrogens is 244 g/mol. The molecule has 0 heterocycles. The van der Waals surface area contributed by atoms with E-state index in [1.165, 1.54) is 0 Å². The molecule has 0 aliphatic heterocycles. The minimum absolute atomic E-state index is 0.0144. The molecule has 2 aromatic carbocycles. The van der Waals surface area contributed by atoms with Crippen LogP contribution >= 0.6 is 0 Å². The maximum absolute atomic E-state index is 12.0. The van der Waals surface area contributed by atoms with Crippen molar-refractivity contribution in [1.82, 2.24) is 0 Å². The lowest BCUT2D eigenvalue weighted by molar-refractivity contribution is -0.136. The first-order valence-electron chi connectivity index (χ1n) is 5.93. The third-order valence-corrected chi connectivity index (χ3v) is 2.95. The summed E-state index contributed by atoms with van der Waals surface area (Å²) in [5.41, 5.74) is 0.557. The van der Waals surface area contributed by atoms with Crippen LogP contribution in [0.25, 0.3) is 10.8 Å². The summed E-state index contributed by atoms with van der Waals surface area (Å²) in [6.07, 6.45) is -0.133. The van der Waals surface area contributed by atoms with E-state index in [9.17, 15) is 9.59 Å². The van der Waals surface area contributed by atoms with Crippen LogP contribution < -0.4 is 4.74 Å². The summed E-state index contributed by atoms with van der Waals surface area (Å²) < 4.78 is 5.14. The van der Waals surface area contributed by atoms with Gasteiger partial charge in [0.25, 0.3) is 0 Å². The summed E-state index contributed by atoms with van der Waals surface area (Å²) in [5.74, 6) is -0.393. The highest BCUT2D eigenvalue weighted by atomic mass is 16.5. The number of benzene rings is 2. The largest absolute Gasteiger partial charge is 0.497 e. The maximum atomic E-state index is 12.0. The predicted molar refractivity (Wildman–Crippen MR) is 71.7 cm³/mol. The molecule has 1 N–H and O–H groups in total. The van der Waals surface area contributed by atoms with Crippen LogP contribution in [0.1, 0.15) is 23.2 Å². The summed E-state index contributed by atoms with van der Waals surface area (Å²) in [5, 5.41) is 10.3. The van der Waals surface area contributed by atoms with Crippen LogP contribution in [0.2, 0.25) is 0 Å². The highest BCUT2D eigenvalue weighted by molar-refractivity contribution is 6.08. The molecule has 2 rings (SSSR count). The smallest absolute Gasteiger partial charge is 0.303 e. The van der Waals surface area contributed by atoms with Crippen LogP contribution in [-0.2, 0) is 4.79 Å². The Labute approximate surface area is 110 Å². The number of carbonyl (C=O) groups is 2. The van der Waals surface area contributed by atoms with E-state index in [0.717, 1.165) is 16.5 Å². The van der Waals surface area contributed by atoms with Gasteiger partial charge in [-0.15, -0.1) is 0 Å². The van der Waals surface area contributed by atoms with Gasteiger partial charge in [0.15, 0.2) is 5.78 Å². The molecule has 0 unspecified atom stereocenters. The molecule has 2 aromatic rings. The fourth-order valence-electron chi connectivity index (χ4n) is 1.99. The molecule has 19 heavy (non-hydrogen) atoms. The molecule has 0 aliphatic carbocycles. The molecule has 98 valence electrons. The number of hydrogen-bond donors (Lipinski definition) is 1. The van der Waals surface area contributed by atoms with Crippen LogP contribution in [0.4, 0.5) is 0 Å². The second-order valence-corrected chi connectivity index (χ2v) is 4.21. The lowest BCUT2D eigenvalue weighted by Gasteiger charge is -2.07. The number of rotatable bonds is 5. The molecule has 0 spiro atoms. The van der Waals surface area contributed by atoms with Gasteiger partial charge in [0.1, 0.15) is 5.75 Å². The van der Waals surface area contributed by atoms with Gasteiger partial charge in [-0.1, -0.05) is 18.2 Å². The average molecular weight is 258 g/mol. The highest BCUT2D eigenvalue weighted by Crippen LogP contribution is 2.24. The molecule has 0 aliphatic rings. The summed E-state index contributed by atoms with van der Waals surface area (Å²) in [4.78, 5) is 22.5. The Morgan fingerprint density at radius 3 is 2.63 bits per heavy atom. The van der Waals surface area contributed by atoms with Crippen molar-refractivity contribution in [3.63, 3.8) is 0 Å². The molecule has 4 heteroatoms. The molecular formula is C15H14O4. The number of methoxy groups -OCH3 is 1. The summed E-state index contributed by atoms with van der Waals surface area (Å²) >= 11 is 0. The first-order valence-corrected chi connectivity index (χ1v) is 5.93. The number of hydrogen-bond acceptors (Lipinski definition) is 3. The predicted octanol–water partition coefficient (Wildman–Crippen LogP) is 2.90. The van der Waals surface area contributed by atoms with E-state index in [1.807, 2.05) is 18.2 Å². The molecule has 0 fully saturated rings. The number of ether oxygens (including phenoxy) is 1. The number of carboxylic acids is 1. The summed E-state index contributed by atoms with van der Waals surface area (Å²) in [7, 11) is 1.59. The van der Waals surface area contributed by atoms with Gasteiger partial charge < -0.3 is 9.84 Å². The Kier molecular flexibility index (Phi) is 3.80. The minimum atomic E-state index is -0.963. The molecule has 0 bridgehead atoms. The van der Waals surface area contributed by atoms with E-state index in [1.54, 1.807) is 25.3 Å². The molecule has 4 nitrogen and oxygen atoms in total. The number of aliphatic carboxylic acids is 1. The zero-order valence-electron chi connectivity index (χ0n) is 10.6. The van der Waals surface area contributed by atoms with E-state index in [4.69, 9.17) is 9.84 Å². The van der Waals surface area contributed by atoms with Crippen molar-refractivity contribution in [1.29, 1.82) is 0 Å². The Hall–Kier alpha value is -2.36. The molecule has 0 radical (unpaired) electrons. The number of carbonyl (C=O) groups excluding carboxylic acids is 1. The van der Waals surface area contributed by atoms with E-state index >= 15 is 0 Å². The fourth-order valence-corrected chi connectivity index (χ4v) is 1.99. The first-order chi connectivity index (χ1) is 9.11. The first kappa shape index (κ1) is 13.1. The second-order valence-electron chi connectivity index (χ2n) is 4.21. The van der Waals surface area contributed by atoms with Gasteiger partial charge in [-0.2, -0.15) is 0 Å². The Balaban J connectivity index is 2.38. The Morgan fingerprint density at radius 2 is 1.95 bits per heavy atom. The Morgan fingerprint density at radius 1 is 1.16 bits per heavy atom. The quantitative estimate of drug-likeness (QED) is 0.837.